The Hall–Kier alpha value is -3.75. The maximum atomic E-state index is 5.46. The molecule has 178 valence electrons. The number of morpholine rings is 1. The van der Waals surface area contributed by atoms with Gasteiger partial charge in [-0.3, -0.25) is 0 Å². The molecule has 2 aromatic carbocycles. The highest BCUT2D eigenvalue weighted by Gasteiger charge is 2.14. The summed E-state index contributed by atoms with van der Waals surface area (Å²) >= 11 is 0. The number of fused-ring (bicyclic) bond motifs is 1. The van der Waals surface area contributed by atoms with Crippen molar-refractivity contribution in [2.75, 3.05) is 67.6 Å². The van der Waals surface area contributed by atoms with E-state index in [0.29, 0.717) is 5.95 Å². The summed E-state index contributed by atoms with van der Waals surface area (Å²) in [5.41, 5.74) is 5.18. The molecule has 2 fully saturated rings. The molecule has 4 heterocycles. The standard InChI is InChI=1S/C27H29N7O/c1-3-21-19-30-27(31-22-4-2-5-23(17-22)33-11-9-28-10-12-33)32-26(21)24(6-1)20-7-8-25(29-18-20)34-13-15-35-16-14-34/h1-8,17-19,28H,9-16H2,(H,30,31,32). The Morgan fingerprint density at radius 2 is 1.69 bits per heavy atom. The van der Waals surface area contributed by atoms with E-state index in [4.69, 9.17) is 14.7 Å². The van der Waals surface area contributed by atoms with Gasteiger partial charge in [-0.25, -0.2) is 15.0 Å². The van der Waals surface area contributed by atoms with E-state index < -0.39 is 0 Å². The Bertz CT molecular complexity index is 1300. The second-order valence-electron chi connectivity index (χ2n) is 8.85. The average Bonchev–Trinajstić information content (AvgIpc) is 2.94. The molecular weight excluding hydrogens is 438 g/mol. The number of nitrogens with one attached hydrogen (secondary N) is 2. The molecular formula is C27H29N7O. The first-order valence-electron chi connectivity index (χ1n) is 12.2. The highest BCUT2D eigenvalue weighted by Crippen LogP contribution is 2.29. The van der Waals surface area contributed by atoms with E-state index in [0.717, 1.165) is 86.0 Å². The Morgan fingerprint density at radius 1 is 0.829 bits per heavy atom. The third kappa shape index (κ3) is 4.76. The summed E-state index contributed by atoms with van der Waals surface area (Å²) in [6.45, 7) is 7.29. The smallest absolute Gasteiger partial charge is 0.227 e. The average molecular weight is 468 g/mol. The van der Waals surface area contributed by atoms with Gasteiger partial charge in [0, 0.05) is 79.6 Å². The van der Waals surface area contributed by atoms with Crippen LogP contribution in [0.15, 0.2) is 67.0 Å². The number of pyridine rings is 1. The Labute approximate surface area is 205 Å². The fourth-order valence-electron chi connectivity index (χ4n) is 4.71. The van der Waals surface area contributed by atoms with Crippen molar-refractivity contribution in [3.63, 3.8) is 0 Å². The summed E-state index contributed by atoms with van der Waals surface area (Å²) in [5.74, 6) is 1.57. The maximum Gasteiger partial charge on any atom is 0.227 e. The van der Waals surface area contributed by atoms with Crippen molar-refractivity contribution in [1.82, 2.24) is 20.3 Å². The monoisotopic (exact) mass is 467 g/mol. The van der Waals surface area contributed by atoms with Crippen LogP contribution in [0.1, 0.15) is 0 Å². The number of para-hydroxylation sites is 1. The number of rotatable bonds is 5. The van der Waals surface area contributed by atoms with Gasteiger partial charge < -0.3 is 25.2 Å². The lowest BCUT2D eigenvalue weighted by Crippen LogP contribution is -2.43. The first kappa shape index (κ1) is 21.8. The molecule has 0 spiro atoms. The Balaban J connectivity index is 1.27. The van der Waals surface area contributed by atoms with Crippen molar-refractivity contribution in [3.8, 4) is 11.1 Å². The van der Waals surface area contributed by atoms with Gasteiger partial charge in [0.15, 0.2) is 0 Å². The fraction of sp³-hybridized carbons (Fsp3) is 0.296. The summed E-state index contributed by atoms with van der Waals surface area (Å²) < 4.78 is 5.46. The van der Waals surface area contributed by atoms with E-state index in [1.54, 1.807) is 0 Å². The zero-order chi connectivity index (χ0) is 23.5. The van der Waals surface area contributed by atoms with Gasteiger partial charge in [-0.05, 0) is 30.3 Å². The van der Waals surface area contributed by atoms with E-state index >= 15 is 0 Å². The number of piperazine rings is 1. The number of aromatic nitrogens is 3. The van der Waals surface area contributed by atoms with E-state index in [9.17, 15) is 0 Å². The van der Waals surface area contributed by atoms with Crippen LogP contribution in [-0.4, -0.2) is 67.4 Å². The highest BCUT2D eigenvalue weighted by atomic mass is 16.5. The van der Waals surface area contributed by atoms with Crippen molar-refractivity contribution < 1.29 is 4.74 Å². The predicted octanol–water partition coefficient (Wildman–Crippen LogP) is 3.68. The van der Waals surface area contributed by atoms with Crippen LogP contribution in [0, 0.1) is 0 Å². The number of anilines is 4. The van der Waals surface area contributed by atoms with Gasteiger partial charge in [0.25, 0.3) is 0 Å². The summed E-state index contributed by atoms with van der Waals surface area (Å²) in [4.78, 5) is 18.9. The van der Waals surface area contributed by atoms with Gasteiger partial charge >= 0.3 is 0 Å². The molecule has 0 saturated carbocycles. The van der Waals surface area contributed by atoms with Crippen LogP contribution in [0.25, 0.3) is 22.0 Å². The Kier molecular flexibility index (Phi) is 6.13. The maximum absolute atomic E-state index is 5.46. The van der Waals surface area contributed by atoms with Gasteiger partial charge in [-0.2, -0.15) is 0 Å². The second kappa shape index (κ2) is 9.85. The molecule has 0 amide bonds. The van der Waals surface area contributed by atoms with Crippen LogP contribution in [0.4, 0.5) is 23.1 Å². The summed E-state index contributed by atoms with van der Waals surface area (Å²) in [5, 5.41) is 7.81. The molecule has 35 heavy (non-hydrogen) atoms. The topological polar surface area (TPSA) is 78.4 Å². The van der Waals surface area contributed by atoms with Gasteiger partial charge in [0.2, 0.25) is 5.95 Å². The van der Waals surface area contributed by atoms with Crippen LogP contribution >= 0.6 is 0 Å². The Morgan fingerprint density at radius 3 is 2.51 bits per heavy atom. The van der Waals surface area contributed by atoms with Crippen LogP contribution < -0.4 is 20.4 Å². The number of ether oxygens (including phenoxy) is 1. The zero-order valence-corrected chi connectivity index (χ0v) is 19.7. The third-order valence-electron chi connectivity index (χ3n) is 6.59. The summed E-state index contributed by atoms with van der Waals surface area (Å²) in [7, 11) is 0. The minimum Gasteiger partial charge on any atom is -0.378 e. The second-order valence-corrected chi connectivity index (χ2v) is 8.85. The molecule has 4 aromatic rings. The molecule has 2 aromatic heterocycles. The highest BCUT2D eigenvalue weighted by molar-refractivity contribution is 5.93. The molecule has 8 nitrogen and oxygen atoms in total. The molecule has 2 aliphatic heterocycles. The van der Waals surface area contributed by atoms with Crippen LogP contribution in [0.5, 0.6) is 0 Å². The zero-order valence-electron chi connectivity index (χ0n) is 19.7. The predicted molar refractivity (Wildman–Crippen MR) is 141 cm³/mol. The lowest BCUT2D eigenvalue weighted by atomic mass is 10.0. The first-order valence-corrected chi connectivity index (χ1v) is 12.2. The largest absolute Gasteiger partial charge is 0.378 e. The van der Waals surface area contributed by atoms with Gasteiger partial charge in [-0.15, -0.1) is 0 Å². The number of hydrogen-bond donors (Lipinski definition) is 2. The minimum atomic E-state index is 0.584. The first-order chi connectivity index (χ1) is 17.3. The van der Waals surface area contributed by atoms with Crippen molar-refractivity contribution >= 4 is 34.0 Å². The van der Waals surface area contributed by atoms with Crippen molar-refractivity contribution in [3.05, 3.63) is 67.0 Å². The molecule has 0 atom stereocenters. The third-order valence-corrected chi connectivity index (χ3v) is 6.59. The molecule has 8 heteroatoms. The fourth-order valence-corrected chi connectivity index (χ4v) is 4.71. The van der Waals surface area contributed by atoms with Crippen molar-refractivity contribution in [1.29, 1.82) is 0 Å². The molecule has 6 rings (SSSR count). The van der Waals surface area contributed by atoms with E-state index in [1.165, 1.54) is 5.69 Å². The molecule has 0 radical (unpaired) electrons. The molecule has 0 bridgehead atoms. The van der Waals surface area contributed by atoms with Crippen molar-refractivity contribution in [2.24, 2.45) is 0 Å². The molecule has 0 unspecified atom stereocenters. The number of benzene rings is 2. The van der Waals surface area contributed by atoms with Gasteiger partial charge in [-0.1, -0.05) is 24.3 Å². The summed E-state index contributed by atoms with van der Waals surface area (Å²) in [6.07, 6.45) is 3.82. The van der Waals surface area contributed by atoms with Gasteiger partial charge in [0.1, 0.15) is 5.82 Å². The van der Waals surface area contributed by atoms with Crippen LogP contribution in [0.3, 0.4) is 0 Å². The number of hydrogen-bond acceptors (Lipinski definition) is 8. The quantitative estimate of drug-likeness (QED) is 0.460. The van der Waals surface area contributed by atoms with E-state index in [-0.39, 0.29) is 0 Å². The lowest BCUT2D eigenvalue weighted by Gasteiger charge is -2.29. The van der Waals surface area contributed by atoms with Crippen LogP contribution in [-0.2, 0) is 4.74 Å². The normalized spacial score (nSPS) is 16.5. The van der Waals surface area contributed by atoms with E-state index in [1.807, 2.05) is 24.5 Å². The molecule has 2 aliphatic rings. The van der Waals surface area contributed by atoms with Crippen LogP contribution in [0.2, 0.25) is 0 Å². The number of nitrogens with zero attached hydrogens (tertiary/aromatic N) is 5. The molecule has 2 saturated heterocycles. The lowest BCUT2D eigenvalue weighted by molar-refractivity contribution is 0.122. The van der Waals surface area contributed by atoms with Crippen molar-refractivity contribution in [2.45, 2.75) is 0 Å². The summed E-state index contributed by atoms with van der Waals surface area (Å²) in [6, 6.07) is 18.8. The molecule has 0 aliphatic carbocycles. The van der Waals surface area contributed by atoms with Gasteiger partial charge in [0.05, 0.1) is 18.7 Å². The van der Waals surface area contributed by atoms with E-state index in [2.05, 4.69) is 67.9 Å². The molecule has 2 N–H and O–H groups in total. The minimum absolute atomic E-state index is 0.584. The SMILES string of the molecule is c1cc(Nc2ncc3cccc(-c4ccc(N5CCOCC5)nc4)c3n2)cc(N2CCNCC2)c1.